The maximum absolute atomic E-state index is 2.67. The SMILES string of the molecule is CN1CC(N2CCN(C(C)(C)C)CC2)C1. The summed E-state index contributed by atoms with van der Waals surface area (Å²) >= 11 is 0. The zero-order chi connectivity index (χ0) is 11.1. The molecule has 3 nitrogen and oxygen atoms in total. The van der Waals surface area contributed by atoms with Crippen molar-refractivity contribution in [3.8, 4) is 0 Å². The normalized spacial score (nSPS) is 28.0. The highest BCUT2D eigenvalue weighted by Gasteiger charge is 2.33. The third-order valence-corrected chi connectivity index (χ3v) is 3.82. The molecule has 0 aromatic heterocycles. The van der Waals surface area contributed by atoms with E-state index in [-0.39, 0.29) is 0 Å². The number of hydrogen-bond donors (Lipinski definition) is 0. The van der Waals surface area contributed by atoms with Crippen LogP contribution >= 0.6 is 0 Å². The van der Waals surface area contributed by atoms with Crippen molar-refractivity contribution in [1.29, 1.82) is 0 Å². The number of likely N-dealkylation sites (N-methyl/N-ethyl adjacent to an activating group) is 1. The molecule has 2 aliphatic rings. The van der Waals surface area contributed by atoms with E-state index in [1.165, 1.54) is 39.3 Å². The van der Waals surface area contributed by atoms with E-state index in [1.807, 2.05) is 0 Å². The zero-order valence-electron chi connectivity index (χ0n) is 10.7. The van der Waals surface area contributed by atoms with Crippen molar-refractivity contribution in [2.24, 2.45) is 0 Å². The minimum Gasteiger partial charge on any atom is -0.303 e. The lowest BCUT2D eigenvalue weighted by Gasteiger charge is -2.49. The number of piperazine rings is 1. The number of nitrogens with zero attached hydrogens (tertiary/aromatic N) is 3. The average molecular weight is 211 g/mol. The Morgan fingerprint density at radius 3 is 1.87 bits per heavy atom. The van der Waals surface area contributed by atoms with E-state index in [2.05, 4.69) is 42.5 Å². The summed E-state index contributed by atoms with van der Waals surface area (Å²) in [6.07, 6.45) is 0. The van der Waals surface area contributed by atoms with Crippen molar-refractivity contribution in [2.75, 3.05) is 46.3 Å². The van der Waals surface area contributed by atoms with Crippen LogP contribution in [0.2, 0.25) is 0 Å². The molecule has 2 fully saturated rings. The summed E-state index contributed by atoms with van der Waals surface area (Å²) in [7, 11) is 2.21. The third-order valence-electron chi connectivity index (χ3n) is 3.82. The van der Waals surface area contributed by atoms with Crippen LogP contribution in [0.25, 0.3) is 0 Å². The monoisotopic (exact) mass is 211 g/mol. The van der Waals surface area contributed by atoms with Crippen LogP contribution in [0.3, 0.4) is 0 Å². The molecular weight excluding hydrogens is 186 g/mol. The highest BCUT2D eigenvalue weighted by atomic mass is 15.3. The Kier molecular flexibility index (Phi) is 3.06. The van der Waals surface area contributed by atoms with Gasteiger partial charge in [0.2, 0.25) is 0 Å². The first kappa shape index (κ1) is 11.4. The predicted molar refractivity (Wildman–Crippen MR) is 64.2 cm³/mol. The van der Waals surface area contributed by atoms with Crippen molar-refractivity contribution < 1.29 is 0 Å². The van der Waals surface area contributed by atoms with Gasteiger partial charge in [0, 0.05) is 50.8 Å². The molecule has 2 aliphatic heterocycles. The molecule has 0 amide bonds. The van der Waals surface area contributed by atoms with Crippen LogP contribution in [-0.4, -0.2) is 72.6 Å². The fraction of sp³-hybridized carbons (Fsp3) is 1.00. The molecule has 0 spiro atoms. The number of rotatable bonds is 1. The first-order valence-electron chi connectivity index (χ1n) is 6.14. The molecule has 0 N–H and O–H groups in total. The summed E-state index contributed by atoms with van der Waals surface area (Å²) < 4.78 is 0. The van der Waals surface area contributed by atoms with E-state index in [1.54, 1.807) is 0 Å². The van der Waals surface area contributed by atoms with Gasteiger partial charge in [0.05, 0.1) is 0 Å². The smallest absolute Gasteiger partial charge is 0.0351 e. The molecule has 0 atom stereocenters. The summed E-state index contributed by atoms with van der Waals surface area (Å²) in [5.74, 6) is 0. The Bertz CT molecular complexity index is 207. The minimum absolute atomic E-state index is 0.350. The molecule has 2 heterocycles. The summed E-state index contributed by atoms with van der Waals surface area (Å²) in [5.41, 5.74) is 0.350. The van der Waals surface area contributed by atoms with E-state index in [0.717, 1.165) is 6.04 Å². The van der Waals surface area contributed by atoms with Crippen LogP contribution < -0.4 is 0 Å². The Balaban J connectivity index is 1.77. The van der Waals surface area contributed by atoms with E-state index in [4.69, 9.17) is 0 Å². The quantitative estimate of drug-likeness (QED) is 0.633. The first-order chi connectivity index (χ1) is 6.97. The lowest BCUT2D eigenvalue weighted by Crippen LogP contribution is -2.63. The molecule has 0 bridgehead atoms. The molecule has 88 valence electrons. The van der Waals surface area contributed by atoms with Gasteiger partial charge in [0.25, 0.3) is 0 Å². The van der Waals surface area contributed by atoms with E-state index in [0.29, 0.717) is 5.54 Å². The van der Waals surface area contributed by atoms with Crippen molar-refractivity contribution in [1.82, 2.24) is 14.7 Å². The van der Waals surface area contributed by atoms with Gasteiger partial charge in [0.15, 0.2) is 0 Å². The molecular formula is C12H25N3. The molecule has 3 heteroatoms. The fourth-order valence-electron chi connectivity index (χ4n) is 2.65. The number of likely N-dealkylation sites (tertiary alicyclic amines) is 1. The van der Waals surface area contributed by atoms with Crippen LogP contribution in [0, 0.1) is 0 Å². The van der Waals surface area contributed by atoms with Crippen LogP contribution in [0.4, 0.5) is 0 Å². The van der Waals surface area contributed by atoms with Gasteiger partial charge in [-0.25, -0.2) is 0 Å². The molecule has 0 aromatic rings. The predicted octanol–water partition coefficient (Wildman–Crippen LogP) is 0.717. The highest BCUT2D eigenvalue weighted by molar-refractivity contribution is 4.90. The number of hydrogen-bond acceptors (Lipinski definition) is 3. The average Bonchev–Trinajstić information content (AvgIpc) is 2.12. The van der Waals surface area contributed by atoms with Crippen LogP contribution in [-0.2, 0) is 0 Å². The topological polar surface area (TPSA) is 9.72 Å². The Hall–Kier alpha value is -0.120. The molecule has 0 aliphatic carbocycles. The Morgan fingerprint density at radius 2 is 1.47 bits per heavy atom. The van der Waals surface area contributed by atoms with Gasteiger partial charge in [-0.1, -0.05) is 0 Å². The van der Waals surface area contributed by atoms with Gasteiger partial charge < -0.3 is 4.90 Å². The van der Waals surface area contributed by atoms with Gasteiger partial charge in [-0.05, 0) is 27.8 Å². The highest BCUT2D eigenvalue weighted by Crippen LogP contribution is 2.19. The third kappa shape index (κ3) is 2.52. The molecule has 0 saturated carbocycles. The second-order valence-electron chi connectivity index (χ2n) is 6.07. The summed E-state index contributed by atoms with van der Waals surface area (Å²) in [5, 5.41) is 0. The second-order valence-corrected chi connectivity index (χ2v) is 6.07. The molecule has 15 heavy (non-hydrogen) atoms. The van der Waals surface area contributed by atoms with Gasteiger partial charge in [-0.3, -0.25) is 9.80 Å². The summed E-state index contributed by atoms with van der Waals surface area (Å²) in [6.45, 7) is 14.5. The Labute approximate surface area is 94.0 Å². The largest absolute Gasteiger partial charge is 0.303 e. The van der Waals surface area contributed by atoms with Crippen LogP contribution in [0.1, 0.15) is 20.8 Å². The van der Waals surface area contributed by atoms with E-state index in [9.17, 15) is 0 Å². The van der Waals surface area contributed by atoms with Crippen molar-refractivity contribution >= 4 is 0 Å². The molecule has 0 radical (unpaired) electrons. The summed E-state index contributed by atoms with van der Waals surface area (Å²) in [6, 6.07) is 0.845. The molecule has 0 aromatic carbocycles. The van der Waals surface area contributed by atoms with Crippen molar-refractivity contribution in [3.05, 3.63) is 0 Å². The van der Waals surface area contributed by atoms with Crippen LogP contribution in [0.5, 0.6) is 0 Å². The molecule has 2 saturated heterocycles. The maximum Gasteiger partial charge on any atom is 0.0351 e. The second kappa shape index (κ2) is 4.04. The van der Waals surface area contributed by atoms with Crippen molar-refractivity contribution in [2.45, 2.75) is 32.4 Å². The lowest BCUT2D eigenvalue weighted by molar-refractivity contribution is -0.00484. The van der Waals surface area contributed by atoms with E-state index < -0.39 is 0 Å². The van der Waals surface area contributed by atoms with Gasteiger partial charge >= 0.3 is 0 Å². The van der Waals surface area contributed by atoms with Crippen LogP contribution in [0.15, 0.2) is 0 Å². The fourth-order valence-corrected chi connectivity index (χ4v) is 2.65. The standard InChI is InChI=1S/C12H25N3/c1-12(2,3)15-7-5-14(6-8-15)11-9-13(4)10-11/h11H,5-10H2,1-4H3. The zero-order valence-corrected chi connectivity index (χ0v) is 10.7. The lowest BCUT2D eigenvalue weighted by atomic mass is 10.0. The van der Waals surface area contributed by atoms with E-state index >= 15 is 0 Å². The van der Waals surface area contributed by atoms with Gasteiger partial charge in [0.1, 0.15) is 0 Å². The Morgan fingerprint density at radius 1 is 0.933 bits per heavy atom. The molecule has 0 unspecified atom stereocenters. The minimum atomic E-state index is 0.350. The van der Waals surface area contributed by atoms with Gasteiger partial charge in [-0.15, -0.1) is 0 Å². The molecule has 2 rings (SSSR count). The maximum atomic E-state index is 2.67. The van der Waals surface area contributed by atoms with Gasteiger partial charge in [-0.2, -0.15) is 0 Å². The first-order valence-corrected chi connectivity index (χ1v) is 6.14. The van der Waals surface area contributed by atoms with Crippen molar-refractivity contribution in [3.63, 3.8) is 0 Å². The summed E-state index contributed by atoms with van der Waals surface area (Å²) in [4.78, 5) is 7.68.